The average molecular weight is 449 g/mol. The van der Waals surface area contributed by atoms with Crippen LogP contribution in [0.2, 0.25) is 0 Å². The Balaban J connectivity index is 1.73. The standard InChI is InChI=1S/C30H24O4/c1-21-13-17-25(18-14-21)30(26-19-15-22(2)16-20-26)28(32)33-29(27(31)34-30,23-9-5-3-6-10-23)24-11-7-4-8-12-24/h3-20H,1-2H3. The smallest absolute Gasteiger partial charge is 0.362 e. The Labute approximate surface area is 198 Å². The van der Waals surface area contributed by atoms with Crippen LogP contribution in [-0.2, 0) is 30.3 Å². The second-order valence-electron chi connectivity index (χ2n) is 8.61. The lowest BCUT2D eigenvalue weighted by Gasteiger charge is -2.44. The van der Waals surface area contributed by atoms with E-state index in [4.69, 9.17) is 9.47 Å². The van der Waals surface area contributed by atoms with E-state index in [1.54, 1.807) is 24.3 Å². The number of hydrogen-bond donors (Lipinski definition) is 0. The Morgan fingerprint density at radius 1 is 0.441 bits per heavy atom. The highest BCUT2D eigenvalue weighted by molar-refractivity contribution is 5.98. The zero-order valence-electron chi connectivity index (χ0n) is 19.0. The normalized spacial score (nSPS) is 16.4. The fourth-order valence-electron chi connectivity index (χ4n) is 4.47. The first-order valence-electron chi connectivity index (χ1n) is 11.2. The highest BCUT2D eigenvalue weighted by Crippen LogP contribution is 2.47. The summed E-state index contributed by atoms with van der Waals surface area (Å²) in [5, 5.41) is 0. The van der Waals surface area contributed by atoms with Crippen LogP contribution in [-0.4, -0.2) is 11.9 Å². The van der Waals surface area contributed by atoms with Crippen LogP contribution in [0.3, 0.4) is 0 Å². The zero-order chi connectivity index (χ0) is 23.8. The van der Waals surface area contributed by atoms with Gasteiger partial charge in [0.2, 0.25) is 0 Å². The van der Waals surface area contributed by atoms with Crippen molar-refractivity contribution in [3.05, 3.63) is 143 Å². The fraction of sp³-hybridized carbons (Fsp3) is 0.133. The molecule has 34 heavy (non-hydrogen) atoms. The molecule has 1 saturated heterocycles. The number of ether oxygens (including phenoxy) is 2. The van der Waals surface area contributed by atoms with Gasteiger partial charge in [-0.1, -0.05) is 120 Å². The van der Waals surface area contributed by atoms with E-state index in [0.717, 1.165) is 11.1 Å². The molecule has 0 radical (unpaired) electrons. The topological polar surface area (TPSA) is 52.6 Å². The Hall–Kier alpha value is -4.18. The van der Waals surface area contributed by atoms with E-state index in [2.05, 4.69) is 0 Å². The minimum atomic E-state index is -1.72. The molecule has 4 heteroatoms. The van der Waals surface area contributed by atoms with Crippen LogP contribution in [0.15, 0.2) is 109 Å². The summed E-state index contributed by atoms with van der Waals surface area (Å²) >= 11 is 0. The molecule has 0 atom stereocenters. The Bertz CT molecular complexity index is 1240. The summed E-state index contributed by atoms with van der Waals surface area (Å²) in [6.07, 6.45) is 0. The van der Waals surface area contributed by atoms with Crippen LogP contribution in [0, 0.1) is 13.8 Å². The Morgan fingerprint density at radius 2 is 0.735 bits per heavy atom. The monoisotopic (exact) mass is 448 g/mol. The van der Waals surface area contributed by atoms with Gasteiger partial charge in [-0.15, -0.1) is 0 Å². The van der Waals surface area contributed by atoms with Crippen LogP contribution >= 0.6 is 0 Å². The molecule has 4 aromatic carbocycles. The second-order valence-corrected chi connectivity index (χ2v) is 8.61. The van der Waals surface area contributed by atoms with E-state index < -0.39 is 23.1 Å². The Morgan fingerprint density at radius 3 is 1.06 bits per heavy atom. The summed E-state index contributed by atoms with van der Waals surface area (Å²) in [6, 6.07) is 32.8. The minimum absolute atomic E-state index is 0.529. The first-order chi connectivity index (χ1) is 16.5. The van der Waals surface area contributed by atoms with Gasteiger partial charge < -0.3 is 9.47 Å². The maximum Gasteiger partial charge on any atom is 0.362 e. The molecule has 0 unspecified atom stereocenters. The molecule has 0 aliphatic carbocycles. The SMILES string of the molecule is Cc1ccc(C2(c3ccc(C)cc3)OC(=O)C(c3ccccc3)(c3ccccc3)OC2=O)cc1. The summed E-state index contributed by atoms with van der Waals surface area (Å²) in [5.41, 5.74) is 0.763. The van der Waals surface area contributed by atoms with E-state index >= 15 is 0 Å². The summed E-state index contributed by atoms with van der Waals surface area (Å²) < 4.78 is 12.5. The van der Waals surface area contributed by atoms with E-state index in [1.165, 1.54) is 0 Å². The number of carbonyl (C=O) groups is 2. The molecule has 0 aromatic heterocycles. The van der Waals surface area contributed by atoms with Gasteiger partial charge in [0.05, 0.1) is 0 Å². The van der Waals surface area contributed by atoms with Crippen molar-refractivity contribution >= 4 is 11.9 Å². The number of aryl methyl sites for hydroxylation is 2. The molecule has 4 nitrogen and oxygen atoms in total. The molecular formula is C30H24O4. The van der Waals surface area contributed by atoms with Crippen molar-refractivity contribution in [3.8, 4) is 0 Å². The largest absolute Gasteiger partial charge is 0.433 e. The van der Waals surface area contributed by atoms with E-state index in [1.807, 2.05) is 98.8 Å². The molecule has 0 saturated carbocycles. The molecule has 0 spiro atoms. The van der Waals surface area contributed by atoms with Crippen molar-refractivity contribution in [2.24, 2.45) is 0 Å². The predicted octanol–water partition coefficient (Wildman–Crippen LogP) is 5.59. The molecule has 0 amide bonds. The van der Waals surface area contributed by atoms with E-state index in [9.17, 15) is 9.59 Å². The number of carbonyl (C=O) groups excluding carboxylic acids is 2. The van der Waals surface area contributed by atoms with Crippen molar-refractivity contribution in [2.75, 3.05) is 0 Å². The minimum Gasteiger partial charge on any atom is -0.433 e. The maximum atomic E-state index is 14.1. The summed E-state index contributed by atoms with van der Waals surface area (Å²) in [7, 11) is 0. The molecule has 1 fully saturated rings. The molecule has 168 valence electrons. The zero-order valence-corrected chi connectivity index (χ0v) is 19.0. The maximum absolute atomic E-state index is 14.1. The van der Waals surface area contributed by atoms with Crippen LogP contribution in [0.1, 0.15) is 33.4 Å². The van der Waals surface area contributed by atoms with E-state index in [-0.39, 0.29) is 0 Å². The first-order valence-corrected chi connectivity index (χ1v) is 11.2. The van der Waals surface area contributed by atoms with Crippen molar-refractivity contribution < 1.29 is 19.1 Å². The van der Waals surface area contributed by atoms with Gasteiger partial charge in [-0.25, -0.2) is 9.59 Å². The van der Waals surface area contributed by atoms with E-state index in [0.29, 0.717) is 22.3 Å². The molecular weight excluding hydrogens is 424 g/mol. The van der Waals surface area contributed by atoms with Gasteiger partial charge in [-0.3, -0.25) is 0 Å². The van der Waals surface area contributed by atoms with Gasteiger partial charge in [0.15, 0.2) is 0 Å². The van der Waals surface area contributed by atoms with Gasteiger partial charge in [0.25, 0.3) is 11.2 Å². The molecule has 1 heterocycles. The van der Waals surface area contributed by atoms with Crippen molar-refractivity contribution in [1.29, 1.82) is 0 Å². The van der Waals surface area contributed by atoms with Crippen LogP contribution in [0.5, 0.6) is 0 Å². The lowest BCUT2D eigenvalue weighted by Crippen LogP contribution is -2.57. The van der Waals surface area contributed by atoms with Gasteiger partial charge in [0.1, 0.15) is 0 Å². The summed E-state index contributed by atoms with van der Waals surface area (Å²) in [5.74, 6) is -1.29. The lowest BCUT2D eigenvalue weighted by molar-refractivity contribution is -0.219. The number of hydrogen-bond acceptors (Lipinski definition) is 4. The van der Waals surface area contributed by atoms with Crippen LogP contribution < -0.4 is 0 Å². The third kappa shape index (κ3) is 3.30. The number of cyclic esters (lactones) is 2. The molecule has 0 bridgehead atoms. The lowest BCUT2D eigenvalue weighted by atomic mass is 9.80. The van der Waals surface area contributed by atoms with Gasteiger partial charge in [-0.05, 0) is 13.8 Å². The highest BCUT2D eigenvalue weighted by atomic mass is 16.7. The first kappa shape index (κ1) is 21.7. The number of rotatable bonds is 4. The summed E-state index contributed by atoms with van der Waals surface area (Å²) in [4.78, 5) is 28.2. The molecule has 1 aliphatic heterocycles. The van der Waals surface area contributed by atoms with Crippen molar-refractivity contribution in [1.82, 2.24) is 0 Å². The Kier molecular flexibility index (Phi) is 5.29. The van der Waals surface area contributed by atoms with Gasteiger partial charge in [0, 0.05) is 22.3 Å². The summed E-state index contributed by atoms with van der Waals surface area (Å²) in [6.45, 7) is 3.92. The third-order valence-corrected chi connectivity index (χ3v) is 6.34. The number of benzene rings is 4. The van der Waals surface area contributed by atoms with Crippen LogP contribution in [0.25, 0.3) is 0 Å². The second kappa shape index (κ2) is 8.31. The molecule has 4 aromatic rings. The number of esters is 2. The molecule has 1 aliphatic rings. The van der Waals surface area contributed by atoms with Crippen molar-refractivity contribution in [3.63, 3.8) is 0 Å². The third-order valence-electron chi connectivity index (χ3n) is 6.34. The predicted molar refractivity (Wildman–Crippen MR) is 129 cm³/mol. The van der Waals surface area contributed by atoms with Crippen molar-refractivity contribution in [2.45, 2.75) is 25.0 Å². The quantitative estimate of drug-likeness (QED) is 0.382. The van der Waals surface area contributed by atoms with Gasteiger partial charge >= 0.3 is 11.9 Å². The average Bonchev–Trinajstić information content (AvgIpc) is 2.87. The van der Waals surface area contributed by atoms with Crippen LogP contribution in [0.4, 0.5) is 0 Å². The fourth-order valence-corrected chi connectivity index (χ4v) is 4.47. The molecule has 0 N–H and O–H groups in total. The highest BCUT2D eigenvalue weighted by Gasteiger charge is 2.61. The molecule has 5 rings (SSSR count). The van der Waals surface area contributed by atoms with Gasteiger partial charge in [-0.2, -0.15) is 0 Å².